The molecule has 0 radical (unpaired) electrons. The summed E-state index contributed by atoms with van der Waals surface area (Å²) >= 11 is 2.22. The maximum absolute atomic E-state index is 4.10. The molecular weight excluding hydrogens is 321 g/mol. The van der Waals surface area contributed by atoms with Crippen molar-refractivity contribution in [1.29, 1.82) is 0 Å². The van der Waals surface area contributed by atoms with Crippen molar-refractivity contribution in [2.45, 2.75) is 27.7 Å². The summed E-state index contributed by atoms with van der Waals surface area (Å²) in [7, 11) is 1.80. The Bertz CT molecular complexity index is 376. The van der Waals surface area contributed by atoms with Gasteiger partial charge in [0.05, 0.1) is 3.72 Å². The molecule has 0 aromatic heterocycles. The maximum atomic E-state index is 4.10. The molecule has 0 bridgehead atoms. The van der Waals surface area contributed by atoms with Crippen LogP contribution in [-0.2, 0) is 0 Å². The molecule has 0 aliphatic heterocycles. The number of halogens is 1. The fourth-order valence-corrected chi connectivity index (χ4v) is 1.68. The van der Waals surface area contributed by atoms with Gasteiger partial charge in [0, 0.05) is 7.05 Å². The summed E-state index contributed by atoms with van der Waals surface area (Å²) in [6, 6.07) is 0. The second kappa shape index (κ2) is 7.64. The van der Waals surface area contributed by atoms with E-state index in [-0.39, 0.29) is 5.41 Å². The lowest BCUT2D eigenvalue weighted by Crippen LogP contribution is -2.09. The summed E-state index contributed by atoms with van der Waals surface area (Å²) in [4.78, 5) is 4.10. The number of hydrogen-bond donors (Lipinski definition) is 0. The molecular formula is C15H22IN. The molecule has 0 unspecified atom stereocenters. The summed E-state index contributed by atoms with van der Waals surface area (Å²) in [6.07, 6.45) is 10.1. The van der Waals surface area contributed by atoms with Gasteiger partial charge in [0.25, 0.3) is 0 Å². The van der Waals surface area contributed by atoms with Crippen LogP contribution < -0.4 is 0 Å². The Kier molecular flexibility index (Phi) is 7.35. The summed E-state index contributed by atoms with van der Waals surface area (Å²) in [5.41, 5.74) is 2.70. The van der Waals surface area contributed by atoms with Crippen LogP contribution in [0, 0.1) is 5.41 Å². The van der Waals surface area contributed by atoms with Gasteiger partial charge >= 0.3 is 0 Å². The molecule has 0 aliphatic carbocycles. The molecule has 0 spiro atoms. The topological polar surface area (TPSA) is 12.4 Å². The van der Waals surface area contributed by atoms with E-state index >= 15 is 0 Å². The van der Waals surface area contributed by atoms with Crippen molar-refractivity contribution in [1.82, 2.24) is 0 Å². The quantitative estimate of drug-likeness (QED) is 0.382. The zero-order valence-corrected chi connectivity index (χ0v) is 13.6. The molecule has 0 aromatic carbocycles. The van der Waals surface area contributed by atoms with Crippen LogP contribution in [0.2, 0.25) is 0 Å². The van der Waals surface area contributed by atoms with Crippen molar-refractivity contribution in [3.05, 3.63) is 48.1 Å². The first-order chi connectivity index (χ1) is 7.82. The van der Waals surface area contributed by atoms with Crippen molar-refractivity contribution < 1.29 is 0 Å². The van der Waals surface area contributed by atoms with Crippen molar-refractivity contribution in [3.63, 3.8) is 0 Å². The van der Waals surface area contributed by atoms with Crippen LogP contribution in [0.1, 0.15) is 27.7 Å². The van der Waals surface area contributed by atoms with Crippen LogP contribution in [0.4, 0.5) is 0 Å². The van der Waals surface area contributed by atoms with E-state index in [1.807, 2.05) is 12.2 Å². The van der Waals surface area contributed by atoms with Gasteiger partial charge in [-0.2, -0.15) is 0 Å². The summed E-state index contributed by atoms with van der Waals surface area (Å²) in [5, 5.41) is 0. The number of aliphatic imine (C=N–C) groups is 1. The highest BCUT2D eigenvalue weighted by Crippen LogP contribution is 2.29. The van der Waals surface area contributed by atoms with Gasteiger partial charge in [-0.3, -0.25) is 4.99 Å². The first-order valence-corrected chi connectivity index (χ1v) is 6.71. The van der Waals surface area contributed by atoms with E-state index in [0.29, 0.717) is 0 Å². The second-order valence-corrected chi connectivity index (χ2v) is 5.93. The van der Waals surface area contributed by atoms with Gasteiger partial charge in [0.15, 0.2) is 0 Å². The Balaban J connectivity index is 5.33. The second-order valence-electron chi connectivity index (χ2n) is 4.82. The smallest absolute Gasteiger partial charge is 0.0950 e. The molecule has 0 saturated heterocycles. The summed E-state index contributed by atoms with van der Waals surface area (Å²) in [6.45, 7) is 12.5. The van der Waals surface area contributed by atoms with Crippen LogP contribution in [0.25, 0.3) is 0 Å². The Labute approximate surface area is 119 Å². The van der Waals surface area contributed by atoms with E-state index in [0.717, 1.165) is 3.72 Å². The van der Waals surface area contributed by atoms with Gasteiger partial charge in [-0.05, 0) is 52.2 Å². The normalized spacial score (nSPS) is 15.5. The first-order valence-electron chi connectivity index (χ1n) is 5.63. The molecule has 0 aliphatic rings. The third-order valence-corrected chi connectivity index (χ3v) is 3.16. The fourth-order valence-electron chi connectivity index (χ4n) is 1.50. The third-order valence-electron chi connectivity index (χ3n) is 2.32. The predicted molar refractivity (Wildman–Crippen MR) is 88.0 cm³/mol. The van der Waals surface area contributed by atoms with E-state index in [2.05, 4.69) is 74.0 Å². The van der Waals surface area contributed by atoms with Gasteiger partial charge < -0.3 is 0 Å². The van der Waals surface area contributed by atoms with Gasteiger partial charge in [0.2, 0.25) is 0 Å². The van der Waals surface area contributed by atoms with E-state index in [9.17, 15) is 0 Å². The lowest BCUT2D eigenvalue weighted by molar-refractivity contribution is 0.513. The van der Waals surface area contributed by atoms with E-state index in [4.69, 9.17) is 0 Å². The lowest BCUT2D eigenvalue weighted by Gasteiger charge is -2.22. The molecule has 94 valence electrons. The molecule has 1 nitrogen and oxygen atoms in total. The standard InChI is InChI=1S/C15H22IN/c1-7-8-9-13(15(3,4)5)12(2)10-11-14(16)17-6/h7-11H,1H2,2-6H3/b9-8-,11-10-,13-12-,17-14-. The molecule has 0 rings (SSSR count). The minimum Gasteiger partial charge on any atom is -0.282 e. The monoisotopic (exact) mass is 343 g/mol. The molecule has 0 atom stereocenters. The van der Waals surface area contributed by atoms with E-state index in [1.54, 1.807) is 13.1 Å². The molecule has 2 heteroatoms. The highest BCUT2D eigenvalue weighted by atomic mass is 127. The summed E-state index contributed by atoms with van der Waals surface area (Å²) in [5.74, 6) is 0. The highest BCUT2D eigenvalue weighted by molar-refractivity contribution is 14.1. The van der Waals surface area contributed by atoms with Crippen molar-refractivity contribution in [2.24, 2.45) is 10.4 Å². The summed E-state index contributed by atoms with van der Waals surface area (Å²) < 4.78 is 1.00. The number of nitrogens with zero attached hydrogens (tertiary/aromatic N) is 1. The Morgan fingerprint density at radius 3 is 2.18 bits per heavy atom. The zero-order chi connectivity index (χ0) is 13.5. The Hall–Kier alpha value is -0.640. The maximum Gasteiger partial charge on any atom is 0.0950 e. The van der Waals surface area contributed by atoms with Crippen molar-refractivity contribution in [3.8, 4) is 0 Å². The van der Waals surface area contributed by atoms with Crippen molar-refractivity contribution in [2.75, 3.05) is 7.05 Å². The Morgan fingerprint density at radius 2 is 1.76 bits per heavy atom. The predicted octanol–water partition coefficient (Wildman–Crippen LogP) is 5.11. The SMILES string of the molecule is C=C\C=C/C(=C(C)/C=C\C(I)=N\C)C(C)(C)C. The van der Waals surface area contributed by atoms with Crippen LogP contribution in [0.5, 0.6) is 0 Å². The Morgan fingerprint density at radius 1 is 1.18 bits per heavy atom. The van der Waals surface area contributed by atoms with Crippen LogP contribution >= 0.6 is 22.6 Å². The van der Waals surface area contributed by atoms with E-state index < -0.39 is 0 Å². The molecule has 0 N–H and O–H groups in total. The fraction of sp³-hybridized carbons (Fsp3) is 0.400. The molecule has 0 fully saturated rings. The number of hydrogen-bond acceptors (Lipinski definition) is 1. The van der Waals surface area contributed by atoms with Crippen molar-refractivity contribution >= 4 is 26.3 Å². The van der Waals surface area contributed by atoms with Crippen LogP contribution in [0.3, 0.4) is 0 Å². The van der Waals surface area contributed by atoms with Gasteiger partial charge in [-0.25, -0.2) is 0 Å². The third kappa shape index (κ3) is 6.61. The average Bonchev–Trinajstić information content (AvgIpc) is 2.24. The van der Waals surface area contributed by atoms with Crippen LogP contribution in [-0.4, -0.2) is 10.8 Å². The molecule has 0 heterocycles. The molecule has 0 aromatic rings. The minimum absolute atomic E-state index is 0.128. The molecule has 0 saturated carbocycles. The van der Waals surface area contributed by atoms with Gasteiger partial charge in [-0.1, -0.05) is 51.7 Å². The number of rotatable bonds is 4. The van der Waals surface area contributed by atoms with Gasteiger partial charge in [-0.15, -0.1) is 0 Å². The highest BCUT2D eigenvalue weighted by Gasteiger charge is 2.15. The number of allylic oxidation sites excluding steroid dienone is 7. The zero-order valence-electron chi connectivity index (χ0n) is 11.4. The van der Waals surface area contributed by atoms with E-state index in [1.165, 1.54) is 11.1 Å². The van der Waals surface area contributed by atoms with Gasteiger partial charge in [0.1, 0.15) is 0 Å². The lowest BCUT2D eigenvalue weighted by atomic mass is 9.83. The first kappa shape index (κ1) is 16.4. The molecule has 17 heavy (non-hydrogen) atoms. The van der Waals surface area contributed by atoms with Crippen LogP contribution in [0.15, 0.2) is 53.1 Å². The largest absolute Gasteiger partial charge is 0.282 e. The minimum atomic E-state index is 0.128. The average molecular weight is 343 g/mol. The molecule has 0 amide bonds.